The number of aromatic carboxylic acids is 1. The van der Waals surface area contributed by atoms with E-state index in [0.29, 0.717) is 16.1 Å². The van der Waals surface area contributed by atoms with Crippen LogP contribution in [0.2, 0.25) is 5.02 Å². The number of hydrogen-bond acceptors (Lipinski definition) is 7. The number of aromatic nitrogens is 1. The first kappa shape index (κ1) is 32.1. The van der Waals surface area contributed by atoms with Gasteiger partial charge in [-0.1, -0.05) is 41.9 Å². The van der Waals surface area contributed by atoms with Gasteiger partial charge in [0, 0.05) is 53.3 Å². The van der Waals surface area contributed by atoms with Crippen LogP contribution in [0.15, 0.2) is 78.0 Å². The Morgan fingerprint density at radius 2 is 1.68 bits per heavy atom. The molecule has 1 N–H and O–H groups in total. The quantitative estimate of drug-likeness (QED) is 0.262. The third-order valence-electron chi connectivity index (χ3n) is 5.38. The summed E-state index contributed by atoms with van der Waals surface area (Å²) < 4.78 is 40.4. The van der Waals surface area contributed by atoms with Crippen LogP contribution in [0.25, 0.3) is 0 Å². The number of pyridine rings is 1. The van der Waals surface area contributed by atoms with Gasteiger partial charge >= 0.3 is 29.6 Å². The summed E-state index contributed by atoms with van der Waals surface area (Å²) in [6, 6.07) is 13.7. The summed E-state index contributed by atoms with van der Waals surface area (Å²) in [7, 11) is -5.37. The smallest absolute Gasteiger partial charge is 0.545 e. The van der Waals surface area contributed by atoms with Crippen molar-refractivity contribution in [3.05, 3.63) is 94.8 Å². The van der Waals surface area contributed by atoms with E-state index >= 15 is 0 Å². The largest absolute Gasteiger partial charge is 1.00 e. The van der Waals surface area contributed by atoms with Crippen LogP contribution in [0.5, 0.6) is 0 Å². The molecule has 2 aromatic carbocycles. The van der Waals surface area contributed by atoms with E-state index in [1.165, 1.54) is 47.6 Å². The molecular formula is C25H25ClN3NaO6S2. The Bertz CT molecular complexity index is 1360. The molecule has 2 atom stereocenters. The summed E-state index contributed by atoms with van der Waals surface area (Å²) in [5.74, 6) is -1.75. The van der Waals surface area contributed by atoms with Crippen LogP contribution in [0.3, 0.4) is 0 Å². The van der Waals surface area contributed by atoms with Crippen molar-refractivity contribution >= 4 is 44.3 Å². The minimum Gasteiger partial charge on any atom is -0.545 e. The van der Waals surface area contributed by atoms with Gasteiger partial charge in [0.2, 0.25) is 15.9 Å². The minimum atomic E-state index is -4.10. The average Bonchev–Trinajstić information content (AvgIpc) is 2.87. The molecule has 0 radical (unpaired) electrons. The van der Waals surface area contributed by atoms with Crippen molar-refractivity contribution < 1.29 is 56.9 Å². The molecule has 1 heterocycles. The first-order valence-electron chi connectivity index (χ1n) is 11.1. The molecule has 0 fully saturated rings. The number of sulfonamides is 1. The van der Waals surface area contributed by atoms with Crippen molar-refractivity contribution in [3.63, 3.8) is 0 Å². The maximum atomic E-state index is 13.8. The molecule has 0 aliphatic heterocycles. The summed E-state index contributed by atoms with van der Waals surface area (Å²) in [4.78, 5) is 30.3. The molecule has 1 aromatic heterocycles. The van der Waals surface area contributed by atoms with Gasteiger partial charge in [0.05, 0.1) is 10.9 Å². The fraction of sp³-hybridized carbons (Fsp3) is 0.240. The number of amides is 1. The number of benzene rings is 2. The zero-order valence-electron chi connectivity index (χ0n) is 20.9. The van der Waals surface area contributed by atoms with Crippen LogP contribution in [0, 0.1) is 0 Å². The van der Waals surface area contributed by atoms with Crippen molar-refractivity contribution in [3.8, 4) is 0 Å². The Morgan fingerprint density at radius 3 is 2.24 bits per heavy atom. The SMILES string of the molecule is CS(=O)CC[C@H](NS(=O)(=O)c1ccc(Cl)cc1)C(=O)N(Cc1ccc(C(=O)[O-])cc1)Cc1cccnc1.[Na+]. The van der Waals surface area contributed by atoms with Crippen molar-refractivity contribution in [2.45, 2.75) is 30.4 Å². The van der Waals surface area contributed by atoms with Gasteiger partial charge < -0.3 is 14.8 Å². The summed E-state index contributed by atoms with van der Waals surface area (Å²) in [6.45, 7) is 0.179. The van der Waals surface area contributed by atoms with E-state index in [-0.39, 0.29) is 65.3 Å². The van der Waals surface area contributed by atoms with Gasteiger partial charge in [0.1, 0.15) is 6.04 Å². The number of rotatable bonds is 12. The van der Waals surface area contributed by atoms with Gasteiger partial charge in [0.25, 0.3) is 0 Å². The molecule has 13 heteroatoms. The predicted octanol–water partition coefficient (Wildman–Crippen LogP) is -1.25. The fourth-order valence-corrected chi connectivity index (χ4v) is 5.41. The molecule has 0 aliphatic carbocycles. The number of carboxylic acids is 1. The van der Waals surface area contributed by atoms with Gasteiger partial charge in [-0.2, -0.15) is 4.72 Å². The molecule has 0 bridgehead atoms. The Morgan fingerprint density at radius 1 is 1.05 bits per heavy atom. The normalized spacial score (nSPS) is 12.7. The van der Waals surface area contributed by atoms with Gasteiger partial charge in [-0.3, -0.25) is 14.0 Å². The first-order valence-corrected chi connectivity index (χ1v) is 14.7. The molecule has 0 saturated carbocycles. The number of carboxylic acid groups (broad SMARTS) is 1. The molecular weight excluding hydrogens is 561 g/mol. The standard InChI is InChI=1S/C25H26ClN3O6S2.Na/c1-36(33)14-12-23(28-37(34,35)22-10-8-21(26)9-11-22)24(30)29(17-19-3-2-13-27-15-19)16-18-4-6-20(7-5-18)25(31)32;/h2-11,13,15,23,28H,12,14,16-17H2,1H3,(H,31,32);/q;+1/p-1/t23-,36?;/m0./s1. The van der Waals surface area contributed by atoms with E-state index in [0.717, 1.165) is 0 Å². The number of nitrogens with one attached hydrogen (secondary N) is 1. The summed E-state index contributed by atoms with van der Waals surface area (Å²) in [5.41, 5.74) is 1.33. The van der Waals surface area contributed by atoms with E-state index in [4.69, 9.17) is 11.6 Å². The molecule has 0 aliphatic rings. The minimum absolute atomic E-state index is 0. The molecule has 38 heavy (non-hydrogen) atoms. The summed E-state index contributed by atoms with van der Waals surface area (Å²) in [6.07, 6.45) is 4.66. The van der Waals surface area contributed by atoms with E-state index in [1.807, 2.05) is 0 Å². The number of nitrogens with zero attached hydrogens (tertiary/aromatic N) is 2. The summed E-state index contributed by atoms with van der Waals surface area (Å²) >= 11 is 5.87. The second kappa shape index (κ2) is 14.9. The molecule has 3 rings (SSSR count). The van der Waals surface area contributed by atoms with Gasteiger partial charge in [-0.05, 0) is 53.4 Å². The second-order valence-corrected chi connectivity index (χ2v) is 11.9. The van der Waals surface area contributed by atoms with Crippen LogP contribution >= 0.6 is 11.6 Å². The van der Waals surface area contributed by atoms with E-state index in [1.54, 1.807) is 36.7 Å². The van der Waals surface area contributed by atoms with Gasteiger partial charge in [0.15, 0.2) is 0 Å². The topological polar surface area (TPSA) is 137 Å². The summed E-state index contributed by atoms with van der Waals surface area (Å²) in [5, 5.41) is 11.4. The molecule has 1 unspecified atom stereocenters. The molecule has 196 valence electrons. The molecule has 1 amide bonds. The third kappa shape index (κ3) is 9.57. The average molecular weight is 586 g/mol. The van der Waals surface area contributed by atoms with E-state index in [2.05, 4.69) is 9.71 Å². The molecule has 9 nitrogen and oxygen atoms in total. The van der Waals surface area contributed by atoms with Crippen LogP contribution < -0.4 is 39.4 Å². The van der Waals surface area contributed by atoms with Crippen molar-refractivity contribution in [1.29, 1.82) is 0 Å². The maximum absolute atomic E-state index is 13.8. The zero-order chi connectivity index (χ0) is 27.0. The van der Waals surface area contributed by atoms with Crippen LogP contribution in [0.1, 0.15) is 27.9 Å². The van der Waals surface area contributed by atoms with Crippen molar-refractivity contribution in [1.82, 2.24) is 14.6 Å². The van der Waals surface area contributed by atoms with Crippen LogP contribution in [-0.2, 0) is 38.7 Å². The Hall–Kier alpha value is -2.12. The maximum Gasteiger partial charge on any atom is 1.00 e. The van der Waals surface area contributed by atoms with Gasteiger partial charge in [-0.25, -0.2) is 8.42 Å². The van der Waals surface area contributed by atoms with Crippen LogP contribution in [-0.4, -0.2) is 52.4 Å². The van der Waals surface area contributed by atoms with E-state index in [9.17, 15) is 27.3 Å². The Balaban J connectivity index is 0.00000507. The Kier molecular flexibility index (Phi) is 12.6. The fourth-order valence-electron chi connectivity index (χ4n) is 3.50. The van der Waals surface area contributed by atoms with Crippen LogP contribution in [0.4, 0.5) is 0 Å². The number of carbonyl (C=O) groups excluding carboxylic acids is 2. The molecule has 0 spiro atoms. The Labute approximate surface area is 251 Å². The van der Waals surface area contributed by atoms with E-state index < -0.39 is 38.7 Å². The monoisotopic (exact) mass is 585 g/mol. The number of hydrogen-bond donors (Lipinski definition) is 1. The third-order valence-corrected chi connectivity index (χ3v) is 7.93. The van der Waals surface area contributed by atoms with Crippen molar-refractivity contribution in [2.75, 3.05) is 12.0 Å². The second-order valence-electron chi connectivity index (χ2n) is 8.23. The van der Waals surface area contributed by atoms with Gasteiger partial charge in [-0.15, -0.1) is 0 Å². The first-order chi connectivity index (χ1) is 17.5. The zero-order valence-corrected chi connectivity index (χ0v) is 25.3. The predicted molar refractivity (Wildman–Crippen MR) is 138 cm³/mol. The number of halogens is 1. The molecule has 3 aromatic rings. The van der Waals surface area contributed by atoms with Crippen molar-refractivity contribution in [2.24, 2.45) is 0 Å². The molecule has 0 saturated heterocycles. The number of carbonyl (C=O) groups is 2.